The van der Waals surface area contributed by atoms with Crippen LogP contribution in [0.5, 0.6) is 0 Å². The summed E-state index contributed by atoms with van der Waals surface area (Å²) in [5.74, 6) is -0.519. The first kappa shape index (κ1) is 15.4. The topological polar surface area (TPSA) is 55.1 Å². The van der Waals surface area contributed by atoms with Crippen LogP contribution in [-0.2, 0) is 11.3 Å². The number of primary amides is 1. The van der Waals surface area contributed by atoms with E-state index in [0.717, 1.165) is 16.8 Å². The molecule has 0 heterocycles. The van der Waals surface area contributed by atoms with Gasteiger partial charge in [0.2, 0.25) is 5.91 Å². The molecule has 0 spiro atoms. The standard InChI is InChI=1S/C16H14Cl2N2O/c1-10(16(19)21)12-4-2-11(3-5-12)9-20-15-7-13(17)6-14(18)8-15/h2-8,20H,1,9H2,(H2,19,21). The maximum Gasteiger partial charge on any atom is 0.248 e. The predicted molar refractivity (Wildman–Crippen MR) is 88.5 cm³/mol. The van der Waals surface area contributed by atoms with E-state index in [-0.39, 0.29) is 0 Å². The zero-order chi connectivity index (χ0) is 15.4. The molecule has 0 bridgehead atoms. The van der Waals surface area contributed by atoms with Crippen LogP contribution in [0.4, 0.5) is 5.69 Å². The van der Waals surface area contributed by atoms with Gasteiger partial charge in [0.1, 0.15) is 0 Å². The van der Waals surface area contributed by atoms with Crippen LogP contribution in [0.2, 0.25) is 10.0 Å². The molecule has 21 heavy (non-hydrogen) atoms. The first-order valence-corrected chi connectivity index (χ1v) is 6.99. The van der Waals surface area contributed by atoms with Gasteiger partial charge in [0.25, 0.3) is 0 Å². The molecule has 0 saturated carbocycles. The van der Waals surface area contributed by atoms with Crippen molar-refractivity contribution in [1.29, 1.82) is 0 Å². The molecule has 0 saturated heterocycles. The second-order valence-electron chi connectivity index (χ2n) is 4.55. The number of halogens is 2. The van der Waals surface area contributed by atoms with E-state index >= 15 is 0 Å². The van der Waals surface area contributed by atoms with E-state index in [2.05, 4.69) is 11.9 Å². The van der Waals surface area contributed by atoms with Crippen molar-refractivity contribution in [1.82, 2.24) is 0 Å². The summed E-state index contributed by atoms with van der Waals surface area (Å²) in [4.78, 5) is 11.0. The van der Waals surface area contributed by atoms with Crippen LogP contribution in [0.15, 0.2) is 49.0 Å². The Kier molecular flexibility index (Phi) is 4.89. The van der Waals surface area contributed by atoms with Gasteiger partial charge >= 0.3 is 0 Å². The molecule has 0 aliphatic rings. The fourth-order valence-corrected chi connectivity index (χ4v) is 2.35. The Balaban J connectivity index is 2.04. The van der Waals surface area contributed by atoms with Gasteiger partial charge in [0, 0.05) is 27.9 Å². The molecule has 3 nitrogen and oxygen atoms in total. The van der Waals surface area contributed by atoms with E-state index < -0.39 is 5.91 Å². The lowest BCUT2D eigenvalue weighted by atomic mass is 10.1. The van der Waals surface area contributed by atoms with Crippen LogP contribution in [0.25, 0.3) is 5.57 Å². The summed E-state index contributed by atoms with van der Waals surface area (Å²) in [6.07, 6.45) is 0. The highest BCUT2D eigenvalue weighted by Crippen LogP contribution is 2.23. The summed E-state index contributed by atoms with van der Waals surface area (Å²) in [5.41, 5.74) is 8.11. The van der Waals surface area contributed by atoms with Crippen molar-refractivity contribution >= 4 is 40.4 Å². The van der Waals surface area contributed by atoms with Crippen LogP contribution < -0.4 is 11.1 Å². The first-order chi connectivity index (χ1) is 9.95. The second-order valence-corrected chi connectivity index (χ2v) is 5.42. The Morgan fingerprint density at radius 2 is 1.67 bits per heavy atom. The van der Waals surface area contributed by atoms with Gasteiger partial charge in [-0.05, 0) is 29.3 Å². The molecular formula is C16H14Cl2N2O. The third-order valence-electron chi connectivity index (χ3n) is 2.96. The van der Waals surface area contributed by atoms with E-state index in [0.29, 0.717) is 22.2 Å². The molecule has 0 radical (unpaired) electrons. The fraction of sp³-hybridized carbons (Fsp3) is 0.0625. The molecule has 0 aliphatic heterocycles. The minimum absolute atomic E-state index is 0.302. The maximum atomic E-state index is 11.0. The average Bonchev–Trinajstić information content (AvgIpc) is 2.44. The van der Waals surface area contributed by atoms with Crippen molar-refractivity contribution in [3.05, 3.63) is 70.2 Å². The van der Waals surface area contributed by atoms with Gasteiger partial charge in [-0.2, -0.15) is 0 Å². The average molecular weight is 321 g/mol. The number of rotatable bonds is 5. The van der Waals surface area contributed by atoms with Crippen molar-refractivity contribution in [3.8, 4) is 0 Å². The van der Waals surface area contributed by atoms with Gasteiger partial charge in [-0.15, -0.1) is 0 Å². The van der Waals surface area contributed by atoms with Crippen molar-refractivity contribution in [2.75, 3.05) is 5.32 Å². The largest absolute Gasteiger partial charge is 0.381 e. The Morgan fingerprint density at radius 1 is 1.10 bits per heavy atom. The fourth-order valence-electron chi connectivity index (χ4n) is 1.83. The summed E-state index contributed by atoms with van der Waals surface area (Å²) < 4.78 is 0. The maximum absolute atomic E-state index is 11.0. The van der Waals surface area contributed by atoms with E-state index in [1.54, 1.807) is 18.2 Å². The lowest BCUT2D eigenvalue weighted by Gasteiger charge is -2.09. The van der Waals surface area contributed by atoms with Gasteiger partial charge in [0.05, 0.1) is 0 Å². The smallest absolute Gasteiger partial charge is 0.248 e. The number of carbonyl (C=O) groups excluding carboxylic acids is 1. The SMILES string of the molecule is C=C(C(N)=O)c1ccc(CNc2cc(Cl)cc(Cl)c2)cc1. The van der Waals surface area contributed by atoms with Crippen LogP contribution in [-0.4, -0.2) is 5.91 Å². The summed E-state index contributed by atoms with van der Waals surface area (Å²) >= 11 is 11.9. The monoisotopic (exact) mass is 320 g/mol. The molecule has 108 valence electrons. The molecule has 0 unspecified atom stereocenters. The molecule has 0 aromatic heterocycles. The van der Waals surface area contributed by atoms with E-state index in [1.807, 2.05) is 24.3 Å². The second kappa shape index (κ2) is 6.66. The number of hydrogen-bond acceptors (Lipinski definition) is 2. The summed E-state index contributed by atoms with van der Waals surface area (Å²) in [6, 6.07) is 12.7. The molecule has 0 aliphatic carbocycles. The summed E-state index contributed by atoms with van der Waals surface area (Å²) in [6.45, 7) is 4.26. The molecule has 5 heteroatoms. The number of anilines is 1. The molecule has 0 atom stereocenters. The summed E-state index contributed by atoms with van der Waals surface area (Å²) in [7, 11) is 0. The van der Waals surface area contributed by atoms with Gasteiger partial charge in [-0.25, -0.2) is 0 Å². The van der Waals surface area contributed by atoms with Gasteiger partial charge in [-0.1, -0.05) is 54.0 Å². The van der Waals surface area contributed by atoms with E-state index in [1.165, 1.54) is 0 Å². The van der Waals surface area contributed by atoms with E-state index in [4.69, 9.17) is 28.9 Å². The quantitative estimate of drug-likeness (QED) is 0.815. The van der Waals surface area contributed by atoms with Gasteiger partial charge < -0.3 is 11.1 Å². The van der Waals surface area contributed by atoms with Crippen LogP contribution in [0, 0.1) is 0 Å². The molecule has 2 aromatic carbocycles. The zero-order valence-corrected chi connectivity index (χ0v) is 12.7. The van der Waals surface area contributed by atoms with Crippen LogP contribution in [0.3, 0.4) is 0 Å². The molecule has 3 N–H and O–H groups in total. The van der Waals surface area contributed by atoms with Crippen LogP contribution in [0.1, 0.15) is 11.1 Å². The number of hydrogen-bond donors (Lipinski definition) is 2. The number of amides is 1. The van der Waals surface area contributed by atoms with Gasteiger partial charge in [0.15, 0.2) is 0 Å². The minimum Gasteiger partial charge on any atom is -0.381 e. The molecule has 2 rings (SSSR count). The lowest BCUT2D eigenvalue weighted by Crippen LogP contribution is -2.11. The summed E-state index contributed by atoms with van der Waals surface area (Å²) in [5, 5.41) is 4.39. The lowest BCUT2D eigenvalue weighted by molar-refractivity contribution is -0.112. The highest BCUT2D eigenvalue weighted by atomic mass is 35.5. The minimum atomic E-state index is -0.519. The Labute approximate surface area is 133 Å². The number of nitrogens with one attached hydrogen (secondary N) is 1. The highest BCUT2D eigenvalue weighted by Gasteiger charge is 2.05. The highest BCUT2D eigenvalue weighted by molar-refractivity contribution is 6.35. The Morgan fingerprint density at radius 3 is 2.19 bits per heavy atom. The van der Waals surface area contributed by atoms with Crippen molar-refractivity contribution in [2.45, 2.75) is 6.54 Å². The Bertz CT molecular complexity index is 661. The number of nitrogens with two attached hydrogens (primary N) is 1. The van der Waals surface area contributed by atoms with Crippen LogP contribution >= 0.6 is 23.2 Å². The first-order valence-electron chi connectivity index (χ1n) is 6.23. The third-order valence-corrected chi connectivity index (χ3v) is 3.40. The Hall–Kier alpha value is -1.97. The van der Waals surface area contributed by atoms with Gasteiger partial charge in [-0.3, -0.25) is 4.79 Å². The normalized spacial score (nSPS) is 10.2. The molecule has 2 aromatic rings. The number of carbonyl (C=O) groups is 1. The zero-order valence-electron chi connectivity index (χ0n) is 11.2. The molecule has 0 fully saturated rings. The third kappa shape index (κ3) is 4.25. The number of benzene rings is 2. The van der Waals surface area contributed by atoms with Crippen molar-refractivity contribution in [2.24, 2.45) is 5.73 Å². The van der Waals surface area contributed by atoms with E-state index in [9.17, 15) is 4.79 Å². The molecular weight excluding hydrogens is 307 g/mol. The molecule has 1 amide bonds. The van der Waals surface area contributed by atoms with Crippen molar-refractivity contribution < 1.29 is 4.79 Å². The predicted octanol–water partition coefficient (Wildman–Crippen LogP) is 4.10. The van der Waals surface area contributed by atoms with Crippen molar-refractivity contribution in [3.63, 3.8) is 0 Å².